The van der Waals surface area contributed by atoms with E-state index in [1.54, 1.807) is 48.5 Å². The number of phenolic OH excluding ortho intramolecular Hbond substituents is 2. The normalized spacial score (nSPS) is 12.1. The summed E-state index contributed by atoms with van der Waals surface area (Å²) in [6, 6.07) is 13.7. The fourth-order valence-electron chi connectivity index (χ4n) is 1.68. The number of benzene rings is 2. The van der Waals surface area contributed by atoms with E-state index in [0.29, 0.717) is 22.0 Å². The van der Waals surface area contributed by atoms with Gasteiger partial charge in [-0.25, -0.2) is 4.99 Å². The van der Waals surface area contributed by atoms with Gasteiger partial charge in [0.25, 0.3) is 0 Å². The van der Waals surface area contributed by atoms with Gasteiger partial charge in [0.1, 0.15) is 11.5 Å². The Morgan fingerprint density at radius 3 is 2.12 bits per heavy atom. The Morgan fingerprint density at radius 1 is 0.958 bits per heavy atom. The predicted molar refractivity (Wildman–Crippen MR) is 101 cm³/mol. The lowest BCUT2D eigenvalue weighted by atomic mass is 10.2. The van der Waals surface area contributed by atoms with Crippen LogP contribution in [0.5, 0.6) is 11.5 Å². The van der Waals surface area contributed by atoms with Crippen LogP contribution in [0.1, 0.15) is 11.1 Å². The number of nitrogens with zero attached hydrogens (tertiary/aromatic N) is 3. The molecule has 0 radical (unpaired) electrons. The topological polar surface area (TPSA) is 77.5 Å². The molecule has 0 atom stereocenters. The minimum atomic E-state index is 0.134. The van der Waals surface area contributed by atoms with Gasteiger partial charge in [-0.3, -0.25) is 0 Å². The van der Waals surface area contributed by atoms with Crippen LogP contribution in [0.25, 0.3) is 0 Å². The van der Waals surface area contributed by atoms with Crippen molar-refractivity contribution >= 4 is 29.4 Å². The molecule has 2 aromatic rings. The Labute approximate surface area is 144 Å². The van der Waals surface area contributed by atoms with Crippen LogP contribution in [0.4, 0.5) is 0 Å². The van der Waals surface area contributed by atoms with Crippen LogP contribution < -0.4 is 0 Å². The molecule has 0 aromatic heterocycles. The highest BCUT2D eigenvalue weighted by atomic mass is 32.2. The van der Waals surface area contributed by atoms with E-state index in [1.165, 1.54) is 24.2 Å². The summed E-state index contributed by atoms with van der Waals surface area (Å²) >= 11 is 1.36. The first-order valence-corrected chi connectivity index (χ1v) is 8.14. The molecule has 2 aromatic carbocycles. The third-order valence-electron chi connectivity index (χ3n) is 2.86. The van der Waals surface area contributed by atoms with Gasteiger partial charge in [-0.2, -0.15) is 5.10 Å². The van der Waals surface area contributed by atoms with Crippen molar-refractivity contribution in [1.29, 1.82) is 0 Å². The number of para-hydroxylation sites is 2. The van der Waals surface area contributed by atoms with Crippen LogP contribution in [-0.4, -0.2) is 33.6 Å². The minimum Gasteiger partial charge on any atom is -0.507 e. The van der Waals surface area contributed by atoms with Gasteiger partial charge in [0, 0.05) is 23.1 Å². The molecule has 24 heavy (non-hydrogen) atoms. The molecule has 0 heterocycles. The Bertz CT molecular complexity index is 785. The smallest absolute Gasteiger partial charge is 0.209 e. The number of aromatic hydroxyl groups is 2. The first-order chi connectivity index (χ1) is 11.7. The highest BCUT2D eigenvalue weighted by molar-refractivity contribution is 8.14. The van der Waals surface area contributed by atoms with E-state index in [0.717, 1.165) is 0 Å². The number of thioether (sulfide) groups is 1. The first kappa shape index (κ1) is 17.5. The number of amidine groups is 1. The van der Waals surface area contributed by atoms with Crippen LogP contribution in [0, 0.1) is 0 Å². The Morgan fingerprint density at radius 2 is 1.54 bits per heavy atom. The summed E-state index contributed by atoms with van der Waals surface area (Å²) in [6.45, 7) is 3.67. The average Bonchev–Trinajstić information content (AvgIpc) is 2.59. The molecule has 6 heteroatoms. The molecule has 0 aliphatic carbocycles. The van der Waals surface area contributed by atoms with Crippen molar-refractivity contribution in [3.63, 3.8) is 0 Å². The number of phenols is 2. The summed E-state index contributed by atoms with van der Waals surface area (Å²) in [6.07, 6.45) is 4.72. The van der Waals surface area contributed by atoms with Crippen molar-refractivity contribution in [3.8, 4) is 11.5 Å². The minimum absolute atomic E-state index is 0.134. The van der Waals surface area contributed by atoms with Crippen molar-refractivity contribution in [3.05, 3.63) is 72.3 Å². The average molecular weight is 339 g/mol. The summed E-state index contributed by atoms with van der Waals surface area (Å²) in [5.74, 6) is 0.907. The third-order valence-corrected chi connectivity index (χ3v) is 3.71. The molecule has 0 saturated heterocycles. The quantitative estimate of drug-likeness (QED) is 0.376. The maximum atomic E-state index is 9.74. The van der Waals surface area contributed by atoms with Crippen LogP contribution >= 0.6 is 11.8 Å². The summed E-state index contributed by atoms with van der Waals surface area (Å²) in [5.41, 5.74) is 1.16. The van der Waals surface area contributed by atoms with Gasteiger partial charge in [-0.05, 0) is 24.3 Å². The Kier molecular flexibility index (Phi) is 6.79. The van der Waals surface area contributed by atoms with Crippen molar-refractivity contribution in [1.82, 2.24) is 0 Å². The van der Waals surface area contributed by atoms with E-state index in [-0.39, 0.29) is 11.5 Å². The van der Waals surface area contributed by atoms with Gasteiger partial charge in [0.15, 0.2) is 0 Å². The molecular weight excluding hydrogens is 322 g/mol. The molecule has 0 spiro atoms. The predicted octanol–water partition coefficient (Wildman–Crippen LogP) is 3.83. The lowest BCUT2D eigenvalue weighted by Gasteiger charge is -1.99. The van der Waals surface area contributed by atoms with Crippen LogP contribution in [-0.2, 0) is 0 Å². The number of rotatable bonds is 5. The molecule has 0 bridgehead atoms. The van der Waals surface area contributed by atoms with Gasteiger partial charge in [-0.1, -0.05) is 42.1 Å². The molecule has 0 aliphatic heterocycles. The molecule has 0 amide bonds. The van der Waals surface area contributed by atoms with Crippen molar-refractivity contribution in [2.75, 3.05) is 5.75 Å². The van der Waals surface area contributed by atoms with E-state index in [9.17, 15) is 10.2 Å². The van der Waals surface area contributed by atoms with Crippen molar-refractivity contribution in [2.24, 2.45) is 15.2 Å². The zero-order valence-corrected chi connectivity index (χ0v) is 13.7. The molecule has 2 rings (SSSR count). The van der Waals surface area contributed by atoms with Crippen LogP contribution in [0.15, 0.2) is 76.4 Å². The Hall–Kier alpha value is -2.86. The fourth-order valence-corrected chi connectivity index (χ4v) is 2.18. The lowest BCUT2D eigenvalue weighted by molar-refractivity contribution is 0.474. The fraction of sp³-hybridized carbons (Fsp3) is 0.0556. The van der Waals surface area contributed by atoms with Crippen LogP contribution in [0.2, 0.25) is 0 Å². The molecule has 0 aliphatic rings. The van der Waals surface area contributed by atoms with Crippen molar-refractivity contribution < 1.29 is 10.2 Å². The van der Waals surface area contributed by atoms with Crippen LogP contribution in [0.3, 0.4) is 0 Å². The first-order valence-electron chi connectivity index (χ1n) is 7.15. The second-order valence-corrected chi connectivity index (χ2v) is 5.59. The summed E-state index contributed by atoms with van der Waals surface area (Å²) in [4.78, 5) is 4.25. The zero-order valence-electron chi connectivity index (χ0n) is 12.9. The number of aliphatic imine (C=N–C) groups is 1. The molecule has 122 valence electrons. The monoisotopic (exact) mass is 339 g/mol. The molecule has 2 N–H and O–H groups in total. The summed E-state index contributed by atoms with van der Waals surface area (Å²) < 4.78 is 0. The van der Waals surface area contributed by atoms with E-state index in [2.05, 4.69) is 21.8 Å². The Balaban J connectivity index is 2.17. The van der Waals surface area contributed by atoms with Gasteiger partial charge in [-0.15, -0.1) is 11.7 Å². The highest BCUT2D eigenvalue weighted by Crippen LogP contribution is 2.15. The SMILES string of the molecule is C=CCSC(=N\N=C\c1ccccc1O)/N=C/c1ccccc1O. The van der Waals surface area contributed by atoms with E-state index in [1.807, 2.05) is 6.07 Å². The highest BCUT2D eigenvalue weighted by Gasteiger charge is 1.99. The third kappa shape index (κ3) is 5.40. The molecule has 0 fully saturated rings. The van der Waals surface area contributed by atoms with E-state index < -0.39 is 0 Å². The van der Waals surface area contributed by atoms with Gasteiger partial charge in [0.05, 0.1) is 6.21 Å². The second-order valence-electron chi connectivity index (χ2n) is 4.60. The lowest BCUT2D eigenvalue weighted by Crippen LogP contribution is -1.91. The number of hydrogen-bond acceptors (Lipinski definition) is 5. The van der Waals surface area contributed by atoms with Gasteiger partial charge in [0.2, 0.25) is 5.17 Å². The van der Waals surface area contributed by atoms with Gasteiger partial charge < -0.3 is 10.2 Å². The largest absolute Gasteiger partial charge is 0.507 e. The molecule has 5 nitrogen and oxygen atoms in total. The maximum Gasteiger partial charge on any atom is 0.209 e. The van der Waals surface area contributed by atoms with Gasteiger partial charge >= 0.3 is 0 Å². The number of hydrogen-bond donors (Lipinski definition) is 2. The van der Waals surface area contributed by atoms with Crippen molar-refractivity contribution in [2.45, 2.75) is 0 Å². The van der Waals surface area contributed by atoms with E-state index in [4.69, 9.17) is 0 Å². The van der Waals surface area contributed by atoms with E-state index >= 15 is 0 Å². The molecule has 0 unspecified atom stereocenters. The molecular formula is C18H17N3O2S. The second kappa shape index (κ2) is 9.32. The summed E-state index contributed by atoms with van der Waals surface area (Å²) in [5, 5.41) is 27.9. The standard InChI is InChI=1S/C18H17N3O2S/c1-2-11-24-18(19-12-14-7-3-5-9-16(14)22)21-20-13-15-8-4-6-10-17(15)23/h2-10,12-13,22-23H,1,11H2/b19-12+,20-13+,21-18-. The molecule has 0 saturated carbocycles. The maximum absolute atomic E-state index is 9.74. The summed E-state index contributed by atoms with van der Waals surface area (Å²) in [7, 11) is 0. The zero-order chi connectivity index (χ0) is 17.2.